The molecule has 20 heavy (non-hydrogen) atoms. The number of aromatic nitrogens is 2. The highest BCUT2D eigenvalue weighted by Crippen LogP contribution is 2.26. The van der Waals surface area contributed by atoms with Crippen molar-refractivity contribution in [2.45, 2.75) is 46.1 Å². The minimum atomic E-state index is 0.181. The molecule has 2 aromatic rings. The van der Waals surface area contributed by atoms with Gasteiger partial charge in [0.2, 0.25) is 0 Å². The second-order valence-corrected chi connectivity index (χ2v) is 6.92. The molecular weight excluding hydrogens is 246 g/mol. The van der Waals surface area contributed by atoms with Gasteiger partial charge >= 0.3 is 0 Å². The van der Waals surface area contributed by atoms with Crippen LogP contribution in [0.5, 0.6) is 0 Å². The number of rotatable bonds is 4. The zero-order valence-corrected chi connectivity index (χ0v) is 13.7. The van der Waals surface area contributed by atoms with Crippen LogP contribution in [0.4, 0.5) is 0 Å². The van der Waals surface area contributed by atoms with Gasteiger partial charge in [-0.15, -0.1) is 0 Å². The quantitative estimate of drug-likeness (QED) is 0.849. The van der Waals surface area contributed by atoms with E-state index in [4.69, 9.17) is 0 Å². The van der Waals surface area contributed by atoms with Crippen LogP contribution in [-0.2, 0) is 12.0 Å². The number of imidazole rings is 1. The van der Waals surface area contributed by atoms with E-state index in [1.807, 2.05) is 0 Å². The highest BCUT2D eigenvalue weighted by molar-refractivity contribution is 5.77. The molecule has 0 amide bonds. The van der Waals surface area contributed by atoms with Crippen molar-refractivity contribution >= 4 is 11.0 Å². The van der Waals surface area contributed by atoms with Gasteiger partial charge in [-0.1, -0.05) is 26.8 Å². The van der Waals surface area contributed by atoms with E-state index in [-0.39, 0.29) is 5.41 Å². The molecule has 1 heterocycles. The van der Waals surface area contributed by atoms with Crippen molar-refractivity contribution in [2.24, 2.45) is 0 Å². The molecule has 0 unspecified atom stereocenters. The van der Waals surface area contributed by atoms with Crippen LogP contribution in [0.1, 0.15) is 38.6 Å². The van der Waals surface area contributed by atoms with Crippen molar-refractivity contribution in [1.29, 1.82) is 0 Å². The summed E-state index contributed by atoms with van der Waals surface area (Å²) in [6, 6.07) is 6.68. The predicted molar refractivity (Wildman–Crippen MR) is 86.3 cm³/mol. The highest BCUT2D eigenvalue weighted by Gasteiger charge is 2.16. The van der Waals surface area contributed by atoms with E-state index < -0.39 is 0 Å². The number of hydrogen-bond donors (Lipinski definition) is 0. The normalized spacial score (nSPS) is 12.6. The molecule has 2 rings (SSSR count). The fourth-order valence-corrected chi connectivity index (χ4v) is 2.54. The summed E-state index contributed by atoms with van der Waals surface area (Å²) in [6.45, 7) is 11.0. The maximum absolute atomic E-state index is 4.68. The lowest BCUT2D eigenvalue weighted by Crippen LogP contribution is -2.15. The first-order valence-corrected chi connectivity index (χ1v) is 7.41. The number of benzene rings is 1. The Hall–Kier alpha value is -1.35. The van der Waals surface area contributed by atoms with E-state index in [0.717, 1.165) is 30.9 Å². The average molecular weight is 273 g/mol. The Kier molecular flexibility index (Phi) is 4.19. The van der Waals surface area contributed by atoms with E-state index in [0.29, 0.717) is 0 Å². The first kappa shape index (κ1) is 15.0. The zero-order valence-electron chi connectivity index (χ0n) is 13.7. The van der Waals surface area contributed by atoms with E-state index in [2.05, 4.69) is 74.4 Å². The van der Waals surface area contributed by atoms with Crippen molar-refractivity contribution in [3.05, 3.63) is 29.6 Å². The first-order chi connectivity index (χ1) is 9.29. The molecule has 0 spiro atoms. The van der Waals surface area contributed by atoms with Crippen LogP contribution in [0.3, 0.4) is 0 Å². The number of fused-ring (bicyclic) bond motifs is 1. The second-order valence-electron chi connectivity index (χ2n) is 6.92. The van der Waals surface area contributed by atoms with Gasteiger partial charge in [-0.25, -0.2) is 4.98 Å². The van der Waals surface area contributed by atoms with Gasteiger partial charge in [0, 0.05) is 6.54 Å². The number of aryl methyl sites for hydroxylation is 2. The Morgan fingerprint density at radius 2 is 1.90 bits per heavy atom. The Labute approximate surface area is 122 Å². The molecule has 0 saturated carbocycles. The van der Waals surface area contributed by atoms with E-state index in [1.54, 1.807) is 0 Å². The Balaban J connectivity index is 2.35. The molecule has 0 atom stereocenters. The maximum atomic E-state index is 4.68. The Morgan fingerprint density at radius 1 is 1.20 bits per heavy atom. The summed E-state index contributed by atoms with van der Waals surface area (Å²) in [5.74, 6) is 1.12. The van der Waals surface area contributed by atoms with E-state index in [9.17, 15) is 0 Å². The molecule has 0 saturated heterocycles. The summed E-state index contributed by atoms with van der Waals surface area (Å²) in [4.78, 5) is 6.91. The van der Waals surface area contributed by atoms with Crippen molar-refractivity contribution in [3.63, 3.8) is 0 Å². The summed E-state index contributed by atoms with van der Waals surface area (Å²) in [6.07, 6.45) is 1.15. The van der Waals surface area contributed by atoms with Crippen LogP contribution >= 0.6 is 0 Å². The summed E-state index contributed by atoms with van der Waals surface area (Å²) >= 11 is 0. The maximum Gasteiger partial charge on any atom is 0.106 e. The fraction of sp³-hybridized carbons (Fsp3) is 0.588. The SMILES string of the molecule is Cc1nc2ccc(C(C)(C)C)cc2n1CCCN(C)C. The van der Waals surface area contributed by atoms with Gasteiger partial charge in [-0.05, 0) is 57.1 Å². The van der Waals surface area contributed by atoms with Gasteiger partial charge in [0.1, 0.15) is 5.82 Å². The third-order valence-corrected chi connectivity index (χ3v) is 3.79. The van der Waals surface area contributed by atoms with Crippen molar-refractivity contribution in [1.82, 2.24) is 14.5 Å². The molecule has 0 bridgehead atoms. The van der Waals surface area contributed by atoms with Gasteiger partial charge in [0.15, 0.2) is 0 Å². The molecule has 110 valence electrons. The van der Waals surface area contributed by atoms with Crippen LogP contribution in [0.15, 0.2) is 18.2 Å². The molecule has 3 nitrogen and oxygen atoms in total. The molecule has 3 heteroatoms. The van der Waals surface area contributed by atoms with Gasteiger partial charge in [0.25, 0.3) is 0 Å². The van der Waals surface area contributed by atoms with E-state index >= 15 is 0 Å². The van der Waals surface area contributed by atoms with Gasteiger partial charge in [0.05, 0.1) is 11.0 Å². The van der Waals surface area contributed by atoms with Crippen LogP contribution in [0.25, 0.3) is 11.0 Å². The third kappa shape index (κ3) is 3.21. The minimum absolute atomic E-state index is 0.181. The standard InChI is InChI=1S/C17H27N3/c1-13-18-15-9-8-14(17(2,3)4)12-16(15)20(13)11-7-10-19(5)6/h8-9,12H,7,10-11H2,1-6H3. The zero-order chi connectivity index (χ0) is 14.9. The highest BCUT2D eigenvalue weighted by atomic mass is 15.1. The molecule has 1 aromatic heterocycles. The lowest BCUT2D eigenvalue weighted by molar-refractivity contribution is 0.387. The largest absolute Gasteiger partial charge is 0.328 e. The summed E-state index contributed by atoms with van der Waals surface area (Å²) < 4.78 is 2.36. The molecule has 1 aromatic carbocycles. The summed E-state index contributed by atoms with van der Waals surface area (Å²) in [5.41, 5.74) is 3.94. The Bertz CT molecular complexity index is 588. The topological polar surface area (TPSA) is 21.1 Å². The van der Waals surface area contributed by atoms with Gasteiger partial charge < -0.3 is 9.47 Å². The fourth-order valence-electron chi connectivity index (χ4n) is 2.54. The molecule has 0 N–H and O–H groups in total. The smallest absolute Gasteiger partial charge is 0.106 e. The molecule has 0 aliphatic rings. The van der Waals surface area contributed by atoms with Crippen LogP contribution in [-0.4, -0.2) is 35.1 Å². The van der Waals surface area contributed by atoms with E-state index in [1.165, 1.54) is 11.1 Å². The van der Waals surface area contributed by atoms with Crippen LogP contribution < -0.4 is 0 Å². The molecule has 0 fully saturated rings. The van der Waals surface area contributed by atoms with Crippen molar-refractivity contribution in [3.8, 4) is 0 Å². The van der Waals surface area contributed by atoms with Crippen molar-refractivity contribution in [2.75, 3.05) is 20.6 Å². The second kappa shape index (κ2) is 5.57. The molecule has 0 radical (unpaired) electrons. The predicted octanol–water partition coefficient (Wildman–Crippen LogP) is 3.59. The summed E-state index contributed by atoms with van der Waals surface area (Å²) in [5, 5.41) is 0. The average Bonchev–Trinajstić information content (AvgIpc) is 2.63. The minimum Gasteiger partial charge on any atom is -0.328 e. The molecular formula is C17H27N3. The van der Waals surface area contributed by atoms with Gasteiger partial charge in [-0.3, -0.25) is 0 Å². The van der Waals surface area contributed by atoms with Crippen molar-refractivity contribution < 1.29 is 0 Å². The monoisotopic (exact) mass is 273 g/mol. The summed E-state index contributed by atoms with van der Waals surface area (Å²) in [7, 11) is 4.24. The molecule has 0 aliphatic carbocycles. The molecule has 0 aliphatic heterocycles. The van der Waals surface area contributed by atoms with Gasteiger partial charge in [-0.2, -0.15) is 0 Å². The lowest BCUT2D eigenvalue weighted by atomic mass is 9.87. The van der Waals surface area contributed by atoms with Crippen LogP contribution in [0, 0.1) is 6.92 Å². The van der Waals surface area contributed by atoms with Crippen LogP contribution in [0.2, 0.25) is 0 Å². The lowest BCUT2D eigenvalue weighted by Gasteiger charge is -2.19. The number of nitrogens with zero attached hydrogens (tertiary/aromatic N) is 3. The third-order valence-electron chi connectivity index (χ3n) is 3.79. The first-order valence-electron chi connectivity index (χ1n) is 7.41. The number of hydrogen-bond acceptors (Lipinski definition) is 2. The Morgan fingerprint density at radius 3 is 2.50 bits per heavy atom.